The number of ether oxygens (including phenoxy) is 1. The number of nitrogens with two attached hydrogens (primary N) is 1. The Morgan fingerprint density at radius 2 is 2.16 bits per heavy atom. The topological polar surface area (TPSA) is 80.5 Å². The van der Waals surface area contributed by atoms with Crippen LogP contribution < -0.4 is 11.1 Å². The Morgan fingerprint density at radius 1 is 1.36 bits per heavy atom. The number of carbonyl (C=O) groups excluding carboxylic acids is 1. The van der Waals surface area contributed by atoms with Gasteiger partial charge in [-0.15, -0.1) is 0 Å². The van der Waals surface area contributed by atoms with Crippen molar-refractivity contribution in [1.82, 2.24) is 9.88 Å². The van der Waals surface area contributed by atoms with E-state index in [1.807, 2.05) is 0 Å². The Labute approximate surface area is 148 Å². The lowest BCUT2D eigenvalue weighted by Crippen LogP contribution is -2.41. The summed E-state index contributed by atoms with van der Waals surface area (Å²) in [6.45, 7) is 6.03. The molecular weight excluding hydrogens is 316 g/mol. The zero-order chi connectivity index (χ0) is 17.6. The minimum Gasteiger partial charge on any atom is -0.382 e. The molecule has 1 aromatic heterocycles. The van der Waals surface area contributed by atoms with Crippen LogP contribution in [0.25, 0.3) is 0 Å². The molecule has 0 spiro atoms. The van der Waals surface area contributed by atoms with Gasteiger partial charge in [0.2, 0.25) is 0 Å². The number of rotatable bonds is 6. The van der Waals surface area contributed by atoms with Crippen molar-refractivity contribution < 1.29 is 9.53 Å². The smallest absolute Gasteiger partial charge is 0.252 e. The van der Waals surface area contributed by atoms with E-state index in [0.717, 1.165) is 26.3 Å². The second kappa shape index (κ2) is 8.09. The van der Waals surface area contributed by atoms with Crippen molar-refractivity contribution >= 4 is 11.6 Å². The first kappa shape index (κ1) is 17.4. The molecule has 0 bridgehead atoms. The highest BCUT2D eigenvalue weighted by molar-refractivity contribution is 5.98. The van der Waals surface area contributed by atoms with Crippen molar-refractivity contribution in [2.24, 2.45) is 5.73 Å². The van der Waals surface area contributed by atoms with Gasteiger partial charge in [-0.2, -0.15) is 0 Å². The molecule has 2 aromatic rings. The molecule has 0 saturated carbocycles. The molecule has 3 rings (SSSR count). The lowest BCUT2D eigenvalue weighted by Gasteiger charge is -2.35. The number of morpholine rings is 1. The van der Waals surface area contributed by atoms with E-state index in [2.05, 4.69) is 46.4 Å². The van der Waals surface area contributed by atoms with Gasteiger partial charge in [0.05, 0.1) is 30.5 Å². The quantitative estimate of drug-likeness (QED) is 0.840. The number of hydrogen-bond donors (Lipinski definition) is 2. The predicted octanol–water partition coefficient (Wildman–Crippen LogP) is 1.97. The maximum absolute atomic E-state index is 11.6. The maximum Gasteiger partial charge on any atom is 0.252 e. The van der Waals surface area contributed by atoms with E-state index < -0.39 is 5.91 Å². The van der Waals surface area contributed by atoms with E-state index in [0.29, 0.717) is 17.8 Å². The SMILES string of the molecule is Cc1cccc(C(CNc2ccncc2C(N)=O)N2CCOCC2)c1. The third-order valence-corrected chi connectivity index (χ3v) is 4.49. The summed E-state index contributed by atoms with van der Waals surface area (Å²) < 4.78 is 5.49. The summed E-state index contributed by atoms with van der Waals surface area (Å²) in [5.74, 6) is -0.478. The average Bonchev–Trinajstić information content (AvgIpc) is 2.63. The molecule has 1 aliphatic heterocycles. The van der Waals surface area contributed by atoms with Crippen LogP contribution in [0.1, 0.15) is 27.5 Å². The Bertz CT molecular complexity index is 729. The summed E-state index contributed by atoms with van der Waals surface area (Å²) >= 11 is 0. The van der Waals surface area contributed by atoms with Crippen LogP contribution in [0.2, 0.25) is 0 Å². The van der Waals surface area contributed by atoms with E-state index in [-0.39, 0.29) is 6.04 Å². The van der Waals surface area contributed by atoms with Gasteiger partial charge >= 0.3 is 0 Å². The zero-order valence-electron chi connectivity index (χ0n) is 14.4. The molecule has 6 nitrogen and oxygen atoms in total. The minimum absolute atomic E-state index is 0.192. The van der Waals surface area contributed by atoms with Gasteiger partial charge in [-0.3, -0.25) is 14.7 Å². The summed E-state index contributed by atoms with van der Waals surface area (Å²) in [6, 6.07) is 10.5. The highest BCUT2D eigenvalue weighted by Crippen LogP contribution is 2.24. The van der Waals surface area contributed by atoms with Crippen molar-refractivity contribution in [1.29, 1.82) is 0 Å². The van der Waals surface area contributed by atoms with Crippen LogP contribution >= 0.6 is 0 Å². The molecule has 132 valence electrons. The van der Waals surface area contributed by atoms with E-state index in [4.69, 9.17) is 10.5 Å². The standard InChI is InChI=1S/C19H24N4O2/c1-14-3-2-4-15(11-14)18(23-7-9-25-10-8-23)13-22-17-5-6-21-12-16(17)19(20)24/h2-6,11-12,18H,7-10,13H2,1H3,(H2,20,24)(H,21,22). The molecule has 1 amide bonds. The Hall–Kier alpha value is -2.44. The Balaban J connectivity index is 1.82. The van der Waals surface area contributed by atoms with Gasteiger partial charge in [0.15, 0.2) is 0 Å². The first-order chi connectivity index (χ1) is 12.1. The van der Waals surface area contributed by atoms with Gasteiger partial charge in [-0.25, -0.2) is 0 Å². The molecule has 1 fully saturated rings. The second-order valence-corrected chi connectivity index (χ2v) is 6.24. The first-order valence-corrected chi connectivity index (χ1v) is 8.51. The number of aryl methyl sites for hydroxylation is 1. The fourth-order valence-corrected chi connectivity index (χ4v) is 3.18. The number of hydrogen-bond acceptors (Lipinski definition) is 5. The van der Waals surface area contributed by atoms with Crippen molar-refractivity contribution in [3.05, 3.63) is 59.4 Å². The molecule has 0 radical (unpaired) electrons. The normalized spacial score (nSPS) is 16.4. The largest absolute Gasteiger partial charge is 0.382 e. The number of aromatic nitrogens is 1. The number of primary amides is 1. The van der Waals surface area contributed by atoms with Crippen LogP contribution in [0.15, 0.2) is 42.7 Å². The lowest BCUT2D eigenvalue weighted by atomic mass is 10.0. The summed E-state index contributed by atoms with van der Waals surface area (Å²) in [7, 11) is 0. The second-order valence-electron chi connectivity index (χ2n) is 6.24. The molecule has 25 heavy (non-hydrogen) atoms. The molecule has 2 heterocycles. The molecule has 1 unspecified atom stereocenters. The van der Waals surface area contributed by atoms with Crippen LogP contribution in [-0.2, 0) is 4.74 Å². The van der Waals surface area contributed by atoms with Crippen LogP contribution in [0.4, 0.5) is 5.69 Å². The van der Waals surface area contributed by atoms with Gasteiger partial charge in [0, 0.05) is 32.0 Å². The van der Waals surface area contributed by atoms with Crippen molar-refractivity contribution in [3.63, 3.8) is 0 Å². The van der Waals surface area contributed by atoms with Gasteiger partial charge in [0.25, 0.3) is 5.91 Å². The van der Waals surface area contributed by atoms with Gasteiger partial charge in [0.1, 0.15) is 0 Å². The number of amides is 1. The van der Waals surface area contributed by atoms with Crippen molar-refractivity contribution in [3.8, 4) is 0 Å². The average molecular weight is 340 g/mol. The number of nitrogens with zero attached hydrogens (tertiary/aromatic N) is 2. The molecule has 1 atom stereocenters. The molecule has 0 aliphatic carbocycles. The number of pyridine rings is 1. The third kappa shape index (κ3) is 4.35. The van der Waals surface area contributed by atoms with E-state index >= 15 is 0 Å². The third-order valence-electron chi connectivity index (χ3n) is 4.49. The van der Waals surface area contributed by atoms with Crippen molar-refractivity contribution in [2.75, 3.05) is 38.2 Å². The number of anilines is 1. The maximum atomic E-state index is 11.6. The lowest BCUT2D eigenvalue weighted by molar-refractivity contribution is 0.0187. The van der Waals surface area contributed by atoms with E-state index in [1.54, 1.807) is 12.3 Å². The summed E-state index contributed by atoms with van der Waals surface area (Å²) in [5, 5.41) is 3.39. The van der Waals surface area contributed by atoms with E-state index in [1.165, 1.54) is 17.3 Å². The molecule has 1 saturated heterocycles. The number of benzene rings is 1. The highest BCUT2D eigenvalue weighted by atomic mass is 16.5. The number of nitrogens with one attached hydrogen (secondary N) is 1. The summed E-state index contributed by atoms with van der Waals surface area (Å²) in [6.07, 6.45) is 3.16. The summed E-state index contributed by atoms with van der Waals surface area (Å²) in [5.41, 5.74) is 9.06. The van der Waals surface area contributed by atoms with Gasteiger partial charge < -0.3 is 15.8 Å². The zero-order valence-corrected chi connectivity index (χ0v) is 14.4. The first-order valence-electron chi connectivity index (χ1n) is 8.51. The molecule has 6 heteroatoms. The predicted molar refractivity (Wildman–Crippen MR) is 97.6 cm³/mol. The van der Waals surface area contributed by atoms with Gasteiger partial charge in [-0.1, -0.05) is 29.8 Å². The molecule has 1 aliphatic rings. The van der Waals surface area contributed by atoms with Crippen LogP contribution in [-0.4, -0.2) is 48.6 Å². The van der Waals surface area contributed by atoms with Crippen LogP contribution in [0, 0.1) is 6.92 Å². The fourth-order valence-electron chi connectivity index (χ4n) is 3.18. The minimum atomic E-state index is -0.478. The van der Waals surface area contributed by atoms with Gasteiger partial charge in [-0.05, 0) is 18.6 Å². The summed E-state index contributed by atoms with van der Waals surface area (Å²) in [4.78, 5) is 18.0. The van der Waals surface area contributed by atoms with Crippen LogP contribution in [0.3, 0.4) is 0 Å². The fraction of sp³-hybridized carbons (Fsp3) is 0.368. The highest BCUT2D eigenvalue weighted by Gasteiger charge is 2.23. The number of carbonyl (C=O) groups is 1. The Kier molecular flexibility index (Phi) is 5.63. The van der Waals surface area contributed by atoms with Crippen LogP contribution in [0.5, 0.6) is 0 Å². The Morgan fingerprint density at radius 3 is 2.88 bits per heavy atom. The molecule has 3 N–H and O–H groups in total. The monoisotopic (exact) mass is 340 g/mol. The molecule has 1 aromatic carbocycles. The molecular formula is C19H24N4O2. The van der Waals surface area contributed by atoms with E-state index in [9.17, 15) is 4.79 Å². The van der Waals surface area contributed by atoms with Crippen molar-refractivity contribution in [2.45, 2.75) is 13.0 Å².